The van der Waals surface area contributed by atoms with Gasteiger partial charge in [-0.15, -0.1) is 0 Å². The Balaban J connectivity index is 1.43. The molecule has 7 heteroatoms. The quantitative estimate of drug-likeness (QED) is 0.714. The zero-order chi connectivity index (χ0) is 22.2. The molecule has 170 valence electrons. The van der Waals surface area contributed by atoms with Crippen LogP contribution in [0.3, 0.4) is 0 Å². The number of piperidine rings is 2. The Morgan fingerprint density at radius 1 is 1.10 bits per heavy atom. The predicted octanol–water partition coefficient (Wildman–Crippen LogP) is 4.03. The number of amides is 1. The third-order valence-electron chi connectivity index (χ3n) is 7.15. The van der Waals surface area contributed by atoms with Crippen LogP contribution in [0.5, 0.6) is 0 Å². The van der Waals surface area contributed by atoms with Gasteiger partial charge in [-0.2, -0.15) is 0 Å². The number of rotatable bonds is 5. The molecule has 4 rings (SSSR count). The summed E-state index contributed by atoms with van der Waals surface area (Å²) in [6.45, 7) is 8.41. The van der Waals surface area contributed by atoms with Crippen LogP contribution >= 0.6 is 0 Å². The molecular weight excluding hydrogens is 392 g/mol. The summed E-state index contributed by atoms with van der Waals surface area (Å²) in [5, 5.41) is 9.80. The van der Waals surface area contributed by atoms with Crippen LogP contribution in [0.1, 0.15) is 76.1 Å². The fourth-order valence-corrected chi connectivity index (χ4v) is 5.84. The van der Waals surface area contributed by atoms with Crippen molar-refractivity contribution in [2.45, 2.75) is 89.4 Å². The Kier molecular flexibility index (Phi) is 6.24. The minimum atomic E-state index is -0.833. The minimum absolute atomic E-state index is 0.0386. The number of aromatic nitrogens is 1. The average molecular weight is 429 g/mol. The van der Waals surface area contributed by atoms with Crippen LogP contribution in [-0.4, -0.2) is 75.1 Å². The molecule has 0 radical (unpaired) electrons. The third-order valence-corrected chi connectivity index (χ3v) is 7.15. The van der Waals surface area contributed by atoms with E-state index >= 15 is 0 Å². The zero-order valence-corrected chi connectivity index (χ0v) is 19.1. The lowest BCUT2D eigenvalue weighted by molar-refractivity contribution is 0.0558. The second-order valence-electron chi connectivity index (χ2n) is 10.4. The standard InChI is InChI=1S/C24H36N4O3/c1-24(2,3)28(23(30)31)20-13-18-8-9-19(14-20)27(18)22-10-7-17(15-25-22)21(29)16-26-11-5-4-6-12-26/h7,10,15,18-20H,4-6,8-9,11-14,16H2,1-3H3,(H,30,31)/t18-,19+,20?. The highest BCUT2D eigenvalue weighted by atomic mass is 16.4. The Morgan fingerprint density at radius 2 is 1.74 bits per heavy atom. The largest absolute Gasteiger partial charge is 0.465 e. The van der Waals surface area contributed by atoms with Crippen molar-refractivity contribution in [3.8, 4) is 0 Å². The molecule has 1 aromatic rings. The molecule has 0 aliphatic carbocycles. The van der Waals surface area contributed by atoms with Gasteiger partial charge in [0.1, 0.15) is 5.82 Å². The van der Waals surface area contributed by atoms with Crippen molar-refractivity contribution >= 4 is 17.7 Å². The van der Waals surface area contributed by atoms with Gasteiger partial charge in [-0.25, -0.2) is 9.78 Å². The molecule has 1 N–H and O–H groups in total. The Bertz CT molecular complexity index is 784. The Labute approximate surface area is 185 Å². The topological polar surface area (TPSA) is 77.0 Å². The van der Waals surface area contributed by atoms with Crippen LogP contribution in [0.4, 0.5) is 10.6 Å². The van der Waals surface area contributed by atoms with Crippen molar-refractivity contribution in [3.63, 3.8) is 0 Å². The van der Waals surface area contributed by atoms with E-state index in [9.17, 15) is 14.7 Å². The molecule has 1 amide bonds. The second-order valence-corrected chi connectivity index (χ2v) is 10.4. The maximum atomic E-state index is 12.7. The molecule has 3 atom stereocenters. The van der Waals surface area contributed by atoms with Crippen LogP contribution in [0.15, 0.2) is 18.3 Å². The van der Waals surface area contributed by atoms with Gasteiger partial charge in [0.25, 0.3) is 0 Å². The average Bonchev–Trinajstić information content (AvgIpc) is 2.98. The van der Waals surface area contributed by atoms with Crippen molar-refractivity contribution in [2.24, 2.45) is 0 Å². The van der Waals surface area contributed by atoms with E-state index in [0.29, 0.717) is 24.2 Å². The Hall–Kier alpha value is -2.15. The minimum Gasteiger partial charge on any atom is -0.465 e. The van der Waals surface area contributed by atoms with Gasteiger partial charge >= 0.3 is 6.09 Å². The van der Waals surface area contributed by atoms with Crippen LogP contribution in [0.2, 0.25) is 0 Å². The molecule has 0 saturated carbocycles. The van der Waals surface area contributed by atoms with Crippen LogP contribution in [0.25, 0.3) is 0 Å². The van der Waals surface area contributed by atoms with E-state index in [2.05, 4.69) is 14.8 Å². The van der Waals surface area contributed by atoms with E-state index in [1.807, 2.05) is 32.9 Å². The van der Waals surface area contributed by atoms with E-state index < -0.39 is 11.6 Å². The number of carboxylic acid groups (broad SMARTS) is 1. The van der Waals surface area contributed by atoms with E-state index in [1.165, 1.54) is 19.3 Å². The molecule has 3 aliphatic heterocycles. The number of hydrogen-bond acceptors (Lipinski definition) is 5. The van der Waals surface area contributed by atoms with Gasteiger partial charge in [-0.1, -0.05) is 6.42 Å². The van der Waals surface area contributed by atoms with Crippen LogP contribution in [-0.2, 0) is 0 Å². The fraction of sp³-hybridized carbons (Fsp3) is 0.708. The number of likely N-dealkylation sites (tertiary alicyclic amines) is 1. The fourth-order valence-electron chi connectivity index (χ4n) is 5.84. The van der Waals surface area contributed by atoms with Gasteiger partial charge in [0.05, 0.1) is 6.54 Å². The summed E-state index contributed by atoms with van der Waals surface area (Å²) in [5.74, 6) is 1.06. The maximum absolute atomic E-state index is 12.7. The molecular formula is C24H36N4O3. The highest BCUT2D eigenvalue weighted by Crippen LogP contribution is 2.41. The molecule has 2 bridgehead atoms. The summed E-state index contributed by atoms with van der Waals surface area (Å²) in [4.78, 5) is 35.5. The van der Waals surface area contributed by atoms with Gasteiger partial charge in [0, 0.05) is 35.4 Å². The molecule has 3 aliphatic rings. The first-order chi connectivity index (χ1) is 14.7. The lowest BCUT2D eigenvalue weighted by Crippen LogP contribution is -2.57. The number of ketones is 1. The summed E-state index contributed by atoms with van der Waals surface area (Å²) in [7, 11) is 0. The van der Waals surface area contributed by atoms with Crippen molar-refractivity contribution in [2.75, 3.05) is 24.5 Å². The summed E-state index contributed by atoms with van der Waals surface area (Å²) >= 11 is 0. The third kappa shape index (κ3) is 4.71. The number of carbonyl (C=O) groups excluding carboxylic acids is 1. The number of carbonyl (C=O) groups is 2. The van der Waals surface area contributed by atoms with Gasteiger partial charge < -0.3 is 14.9 Å². The van der Waals surface area contributed by atoms with Crippen molar-refractivity contribution in [1.82, 2.24) is 14.8 Å². The highest BCUT2D eigenvalue weighted by Gasteiger charge is 2.46. The first-order valence-electron chi connectivity index (χ1n) is 11.8. The van der Waals surface area contributed by atoms with Gasteiger partial charge in [0.15, 0.2) is 5.78 Å². The molecule has 0 spiro atoms. The molecule has 1 aromatic heterocycles. The van der Waals surface area contributed by atoms with Crippen LogP contribution < -0.4 is 4.90 Å². The molecule has 3 fully saturated rings. The summed E-state index contributed by atoms with van der Waals surface area (Å²) in [6.07, 6.45) is 8.31. The van der Waals surface area contributed by atoms with Crippen LogP contribution in [0, 0.1) is 0 Å². The SMILES string of the molecule is CC(C)(C)N(C(=O)O)C1C[C@H]2CC[C@@H](C1)N2c1ccc(C(=O)CN2CCCCC2)cn1. The molecule has 0 aromatic carbocycles. The summed E-state index contributed by atoms with van der Waals surface area (Å²) in [5.41, 5.74) is 0.272. The molecule has 7 nitrogen and oxygen atoms in total. The molecule has 31 heavy (non-hydrogen) atoms. The van der Waals surface area contributed by atoms with Crippen molar-refractivity contribution < 1.29 is 14.7 Å². The number of hydrogen-bond donors (Lipinski definition) is 1. The van der Waals surface area contributed by atoms with Crippen molar-refractivity contribution in [3.05, 3.63) is 23.9 Å². The number of anilines is 1. The zero-order valence-electron chi connectivity index (χ0n) is 19.1. The normalized spacial score (nSPS) is 26.7. The first-order valence-corrected chi connectivity index (χ1v) is 11.8. The lowest BCUT2D eigenvalue weighted by atomic mass is 9.92. The lowest BCUT2D eigenvalue weighted by Gasteiger charge is -2.47. The molecule has 1 unspecified atom stereocenters. The summed E-state index contributed by atoms with van der Waals surface area (Å²) in [6, 6.07) is 4.54. The molecule has 4 heterocycles. The van der Waals surface area contributed by atoms with Gasteiger partial charge in [0.2, 0.25) is 0 Å². The van der Waals surface area contributed by atoms with E-state index in [-0.39, 0.29) is 11.8 Å². The van der Waals surface area contributed by atoms with Crippen molar-refractivity contribution in [1.29, 1.82) is 0 Å². The van der Waals surface area contributed by atoms with Gasteiger partial charge in [-0.3, -0.25) is 9.69 Å². The first kappa shape index (κ1) is 22.1. The monoisotopic (exact) mass is 428 g/mol. The maximum Gasteiger partial charge on any atom is 0.407 e. The van der Waals surface area contributed by atoms with Gasteiger partial charge in [-0.05, 0) is 84.5 Å². The Morgan fingerprint density at radius 3 is 2.26 bits per heavy atom. The number of Topliss-reactive ketones (excluding diaryl/α,β-unsaturated/α-hetero) is 1. The predicted molar refractivity (Wildman–Crippen MR) is 121 cm³/mol. The second kappa shape index (κ2) is 8.77. The molecule has 3 saturated heterocycles. The summed E-state index contributed by atoms with van der Waals surface area (Å²) < 4.78 is 0. The smallest absolute Gasteiger partial charge is 0.407 e. The number of fused-ring (bicyclic) bond motifs is 2. The number of nitrogens with zero attached hydrogens (tertiary/aromatic N) is 4. The highest BCUT2D eigenvalue weighted by molar-refractivity contribution is 5.97. The van der Waals surface area contributed by atoms with E-state index in [0.717, 1.165) is 44.6 Å². The number of pyridine rings is 1. The van der Waals surface area contributed by atoms with E-state index in [4.69, 9.17) is 0 Å². The van der Waals surface area contributed by atoms with E-state index in [1.54, 1.807) is 11.1 Å².